The minimum absolute atomic E-state index is 0.0180. The number of halogens is 1. The van der Waals surface area contributed by atoms with E-state index in [1.165, 1.54) is 7.11 Å². The van der Waals surface area contributed by atoms with E-state index in [0.717, 1.165) is 0 Å². The van der Waals surface area contributed by atoms with Gasteiger partial charge in [0.2, 0.25) is 5.91 Å². The number of rotatable bonds is 7. The van der Waals surface area contributed by atoms with E-state index in [9.17, 15) is 9.59 Å². The lowest BCUT2D eigenvalue weighted by Crippen LogP contribution is -2.24. The Hall–Kier alpha value is -0.770. The molecule has 0 aliphatic rings. The lowest BCUT2D eigenvalue weighted by Gasteiger charge is -2.02. The molecule has 0 saturated carbocycles. The second-order valence-electron chi connectivity index (χ2n) is 2.82. The van der Waals surface area contributed by atoms with Crippen LogP contribution in [-0.4, -0.2) is 31.4 Å². The van der Waals surface area contributed by atoms with Crippen molar-refractivity contribution < 1.29 is 14.3 Å². The predicted molar refractivity (Wildman–Crippen MR) is 54.2 cm³/mol. The van der Waals surface area contributed by atoms with Crippen molar-refractivity contribution in [1.82, 2.24) is 5.32 Å². The number of methoxy groups -OCH3 is 1. The molecule has 1 N–H and O–H groups in total. The maximum Gasteiger partial charge on any atom is 0.305 e. The van der Waals surface area contributed by atoms with Gasteiger partial charge in [-0.3, -0.25) is 9.59 Å². The van der Waals surface area contributed by atoms with Crippen molar-refractivity contribution in [2.45, 2.75) is 25.7 Å². The molecule has 4 nitrogen and oxygen atoms in total. The third-order valence-electron chi connectivity index (χ3n) is 1.68. The van der Waals surface area contributed by atoms with Crippen LogP contribution in [0.1, 0.15) is 25.7 Å². The Kier molecular flexibility index (Phi) is 8.33. The fourth-order valence-corrected chi connectivity index (χ4v) is 1.03. The molecule has 0 atom stereocenters. The highest BCUT2D eigenvalue weighted by molar-refractivity contribution is 6.18. The highest BCUT2D eigenvalue weighted by Crippen LogP contribution is 2.00. The quantitative estimate of drug-likeness (QED) is 0.398. The monoisotopic (exact) mass is 221 g/mol. The van der Waals surface area contributed by atoms with Gasteiger partial charge in [0.1, 0.15) is 0 Å². The van der Waals surface area contributed by atoms with Crippen LogP contribution < -0.4 is 5.32 Å². The fraction of sp³-hybridized carbons (Fsp3) is 0.778. The molecule has 0 unspecified atom stereocenters. The van der Waals surface area contributed by atoms with E-state index in [1.54, 1.807) is 0 Å². The molecule has 0 spiro atoms. The predicted octanol–water partition coefficient (Wildman–Crippen LogP) is 1.07. The van der Waals surface area contributed by atoms with Crippen LogP contribution in [0, 0.1) is 0 Å². The van der Waals surface area contributed by atoms with E-state index in [-0.39, 0.29) is 11.9 Å². The van der Waals surface area contributed by atoms with Crippen LogP contribution >= 0.6 is 11.6 Å². The molecule has 1 amide bonds. The first-order valence-electron chi connectivity index (χ1n) is 4.60. The second kappa shape index (κ2) is 8.81. The van der Waals surface area contributed by atoms with E-state index in [1.807, 2.05) is 0 Å². The number of alkyl halides is 1. The number of esters is 1. The second-order valence-corrected chi connectivity index (χ2v) is 3.20. The molecule has 0 aliphatic heterocycles. The summed E-state index contributed by atoms with van der Waals surface area (Å²) in [4.78, 5) is 21.7. The Labute approximate surface area is 88.9 Å². The zero-order valence-electron chi connectivity index (χ0n) is 8.35. The van der Waals surface area contributed by atoms with E-state index in [2.05, 4.69) is 10.1 Å². The number of carbonyl (C=O) groups is 2. The van der Waals surface area contributed by atoms with Crippen LogP contribution in [0.5, 0.6) is 0 Å². The molecule has 0 fully saturated rings. The average molecular weight is 222 g/mol. The van der Waals surface area contributed by atoms with Gasteiger partial charge in [-0.25, -0.2) is 0 Å². The Balaban J connectivity index is 3.27. The lowest BCUT2D eigenvalue weighted by molar-refractivity contribution is -0.140. The number of unbranched alkanes of at least 4 members (excludes halogenated alkanes) is 1. The molecule has 0 aromatic heterocycles. The van der Waals surface area contributed by atoms with Crippen LogP contribution in [-0.2, 0) is 14.3 Å². The molecule has 14 heavy (non-hydrogen) atoms. The first-order valence-corrected chi connectivity index (χ1v) is 5.13. The summed E-state index contributed by atoms with van der Waals surface area (Å²) < 4.78 is 4.47. The molecular weight excluding hydrogens is 206 g/mol. The van der Waals surface area contributed by atoms with E-state index in [0.29, 0.717) is 38.1 Å². The van der Waals surface area contributed by atoms with Gasteiger partial charge in [-0.2, -0.15) is 0 Å². The van der Waals surface area contributed by atoms with Crippen LogP contribution in [0.15, 0.2) is 0 Å². The SMILES string of the molecule is COC(=O)CCCCC(=O)NCCCl. The van der Waals surface area contributed by atoms with Gasteiger partial charge in [0.25, 0.3) is 0 Å². The van der Waals surface area contributed by atoms with E-state index in [4.69, 9.17) is 11.6 Å². The average Bonchev–Trinajstić information content (AvgIpc) is 2.21. The summed E-state index contributed by atoms with van der Waals surface area (Å²) in [6.07, 6.45) is 2.19. The van der Waals surface area contributed by atoms with Crippen LogP contribution in [0.25, 0.3) is 0 Å². The van der Waals surface area contributed by atoms with Gasteiger partial charge in [-0.1, -0.05) is 0 Å². The largest absolute Gasteiger partial charge is 0.469 e. The molecule has 82 valence electrons. The first kappa shape index (κ1) is 13.2. The maximum absolute atomic E-state index is 11.0. The standard InChI is InChI=1S/C9H16ClNO3/c1-14-9(13)5-3-2-4-8(12)11-7-6-10/h2-7H2,1H3,(H,11,12). The van der Waals surface area contributed by atoms with E-state index < -0.39 is 0 Å². The third kappa shape index (κ3) is 7.86. The molecule has 0 heterocycles. The minimum atomic E-state index is -0.230. The van der Waals surface area contributed by atoms with Gasteiger partial charge in [0.15, 0.2) is 0 Å². The normalized spacial score (nSPS) is 9.57. The molecule has 0 bridgehead atoms. The Bertz CT molecular complexity index is 185. The topological polar surface area (TPSA) is 55.4 Å². The van der Waals surface area contributed by atoms with Crippen molar-refractivity contribution in [1.29, 1.82) is 0 Å². The Morgan fingerprint density at radius 3 is 2.50 bits per heavy atom. The smallest absolute Gasteiger partial charge is 0.305 e. The highest BCUT2D eigenvalue weighted by atomic mass is 35.5. The Morgan fingerprint density at radius 1 is 1.29 bits per heavy atom. The van der Waals surface area contributed by atoms with Crippen LogP contribution in [0.4, 0.5) is 0 Å². The molecule has 0 rings (SSSR count). The molecule has 0 aromatic rings. The molecule has 0 aliphatic carbocycles. The number of amides is 1. The summed E-state index contributed by atoms with van der Waals surface area (Å²) in [5.41, 5.74) is 0. The summed E-state index contributed by atoms with van der Waals surface area (Å²) in [6, 6.07) is 0. The van der Waals surface area contributed by atoms with Gasteiger partial charge >= 0.3 is 5.97 Å². The molecule has 0 aromatic carbocycles. The van der Waals surface area contributed by atoms with Gasteiger partial charge in [-0.15, -0.1) is 11.6 Å². The molecule has 0 saturated heterocycles. The summed E-state index contributed by atoms with van der Waals surface area (Å²) >= 11 is 5.39. The number of carbonyl (C=O) groups excluding carboxylic acids is 2. The van der Waals surface area contributed by atoms with Crippen molar-refractivity contribution in [3.63, 3.8) is 0 Å². The number of ether oxygens (including phenoxy) is 1. The third-order valence-corrected chi connectivity index (χ3v) is 1.87. The number of nitrogens with one attached hydrogen (secondary N) is 1. The van der Waals surface area contributed by atoms with Crippen molar-refractivity contribution in [2.75, 3.05) is 19.5 Å². The van der Waals surface area contributed by atoms with Crippen LogP contribution in [0.3, 0.4) is 0 Å². The van der Waals surface area contributed by atoms with Crippen molar-refractivity contribution in [2.24, 2.45) is 0 Å². The van der Waals surface area contributed by atoms with Gasteiger partial charge < -0.3 is 10.1 Å². The Morgan fingerprint density at radius 2 is 1.93 bits per heavy atom. The van der Waals surface area contributed by atoms with Crippen molar-refractivity contribution in [3.05, 3.63) is 0 Å². The fourth-order valence-electron chi connectivity index (χ4n) is 0.932. The number of hydrogen-bond acceptors (Lipinski definition) is 3. The van der Waals surface area contributed by atoms with Crippen molar-refractivity contribution >= 4 is 23.5 Å². The lowest BCUT2D eigenvalue weighted by atomic mass is 10.2. The molecule has 5 heteroatoms. The zero-order chi connectivity index (χ0) is 10.8. The summed E-state index contributed by atoms with van der Waals surface area (Å²) in [5.74, 6) is 0.176. The van der Waals surface area contributed by atoms with Crippen LogP contribution in [0.2, 0.25) is 0 Å². The zero-order valence-corrected chi connectivity index (χ0v) is 9.10. The maximum atomic E-state index is 11.0. The summed E-state index contributed by atoms with van der Waals surface area (Å²) in [5, 5.41) is 2.65. The minimum Gasteiger partial charge on any atom is -0.469 e. The summed E-state index contributed by atoms with van der Waals surface area (Å²) in [7, 11) is 1.36. The van der Waals surface area contributed by atoms with Crippen molar-refractivity contribution in [3.8, 4) is 0 Å². The molecular formula is C9H16ClNO3. The molecule has 0 radical (unpaired) electrons. The highest BCUT2D eigenvalue weighted by Gasteiger charge is 2.02. The summed E-state index contributed by atoms with van der Waals surface area (Å²) in [6.45, 7) is 0.497. The number of hydrogen-bond donors (Lipinski definition) is 1. The first-order chi connectivity index (χ1) is 6.70. The van der Waals surface area contributed by atoms with Gasteiger partial charge in [0, 0.05) is 25.3 Å². The van der Waals surface area contributed by atoms with Gasteiger partial charge in [-0.05, 0) is 12.8 Å². The van der Waals surface area contributed by atoms with E-state index >= 15 is 0 Å². The van der Waals surface area contributed by atoms with Gasteiger partial charge in [0.05, 0.1) is 7.11 Å².